The number of aromatic carboxylic acids is 1. The van der Waals surface area contributed by atoms with E-state index in [1.807, 2.05) is 65.2 Å². The third-order valence-corrected chi connectivity index (χ3v) is 4.53. The van der Waals surface area contributed by atoms with E-state index in [2.05, 4.69) is 0 Å². The fraction of sp³-hybridized carbons (Fsp3) is 0.0500. The normalized spacial score (nSPS) is 11.2. The summed E-state index contributed by atoms with van der Waals surface area (Å²) in [7, 11) is 0. The number of para-hydroxylation sites is 1. The molecular weight excluding hydrogens is 322 g/mol. The van der Waals surface area contributed by atoms with Crippen molar-refractivity contribution in [2.75, 3.05) is 0 Å². The maximum absolute atomic E-state index is 11.7. The third-order valence-electron chi connectivity index (χ3n) is 4.29. The van der Waals surface area contributed by atoms with Gasteiger partial charge >= 0.3 is 5.97 Å². The summed E-state index contributed by atoms with van der Waals surface area (Å²) in [5.74, 6) is -0.926. The van der Waals surface area contributed by atoms with Crippen molar-refractivity contribution in [3.63, 3.8) is 0 Å². The first-order valence-electron chi connectivity index (χ1n) is 7.62. The van der Waals surface area contributed by atoms with Crippen molar-refractivity contribution in [1.29, 1.82) is 0 Å². The number of hydrogen-bond acceptors (Lipinski definition) is 1. The zero-order valence-electron chi connectivity index (χ0n) is 12.7. The molecule has 118 valence electrons. The zero-order valence-corrected chi connectivity index (χ0v) is 13.5. The number of halogens is 1. The number of aromatic nitrogens is 1. The van der Waals surface area contributed by atoms with E-state index in [4.69, 9.17) is 11.6 Å². The van der Waals surface area contributed by atoms with Crippen LogP contribution in [0.2, 0.25) is 5.02 Å². The summed E-state index contributed by atoms with van der Waals surface area (Å²) in [6.07, 6.45) is 0. The first-order chi connectivity index (χ1) is 11.6. The highest BCUT2D eigenvalue weighted by Crippen LogP contribution is 2.26. The Kier molecular flexibility index (Phi) is 3.51. The van der Waals surface area contributed by atoms with Crippen LogP contribution in [-0.2, 0) is 6.54 Å². The lowest BCUT2D eigenvalue weighted by Crippen LogP contribution is -2.09. The molecule has 24 heavy (non-hydrogen) atoms. The van der Waals surface area contributed by atoms with E-state index >= 15 is 0 Å². The van der Waals surface area contributed by atoms with Crippen LogP contribution in [0.1, 0.15) is 16.1 Å². The molecular formula is C20H14ClNO2. The van der Waals surface area contributed by atoms with Crippen molar-refractivity contribution in [2.24, 2.45) is 0 Å². The quantitative estimate of drug-likeness (QED) is 0.559. The van der Waals surface area contributed by atoms with Gasteiger partial charge in [0.05, 0.1) is 0 Å². The number of rotatable bonds is 3. The Bertz CT molecular complexity index is 1080. The Morgan fingerprint density at radius 2 is 1.75 bits per heavy atom. The number of carbonyl (C=O) groups is 1. The Hall–Kier alpha value is -2.78. The van der Waals surface area contributed by atoms with Gasteiger partial charge in [0.15, 0.2) is 0 Å². The highest BCUT2D eigenvalue weighted by atomic mass is 35.5. The SMILES string of the molecule is O=C(O)c1cc2ccccc2n1Cc1cccc2ccc(Cl)cc12. The molecule has 0 bridgehead atoms. The van der Waals surface area contributed by atoms with Gasteiger partial charge in [0.2, 0.25) is 0 Å². The largest absolute Gasteiger partial charge is 0.477 e. The molecule has 0 aliphatic carbocycles. The topological polar surface area (TPSA) is 42.2 Å². The number of carboxylic acid groups (broad SMARTS) is 1. The van der Waals surface area contributed by atoms with Crippen molar-refractivity contribution >= 4 is 39.2 Å². The molecule has 0 aliphatic rings. The summed E-state index contributed by atoms with van der Waals surface area (Å²) in [6, 6.07) is 21.2. The van der Waals surface area contributed by atoms with Crippen LogP contribution < -0.4 is 0 Å². The predicted octanol–water partition coefficient (Wildman–Crippen LogP) is 5.19. The summed E-state index contributed by atoms with van der Waals surface area (Å²) in [4.78, 5) is 11.7. The average Bonchev–Trinajstić information content (AvgIpc) is 2.94. The molecule has 0 amide bonds. The van der Waals surface area contributed by atoms with E-state index in [-0.39, 0.29) is 5.69 Å². The second-order valence-corrected chi connectivity index (χ2v) is 6.20. The molecule has 1 N–H and O–H groups in total. The van der Waals surface area contributed by atoms with Crippen LogP contribution in [0.25, 0.3) is 21.7 Å². The Balaban J connectivity index is 1.93. The summed E-state index contributed by atoms with van der Waals surface area (Å²) in [5, 5.41) is 13.3. The molecule has 0 fully saturated rings. The van der Waals surface area contributed by atoms with E-state index in [1.54, 1.807) is 6.07 Å². The van der Waals surface area contributed by atoms with Gasteiger partial charge in [-0.25, -0.2) is 4.79 Å². The number of hydrogen-bond donors (Lipinski definition) is 1. The highest BCUT2D eigenvalue weighted by molar-refractivity contribution is 6.31. The Labute approximate surface area is 143 Å². The zero-order chi connectivity index (χ0) is 16.7. The summed E-state index contributed by atoms with van der Waals surface area (Å²) >= 11 is 6.15. The molecule has 0 radical (unpaired) electrons. The molecule has 0 spiro atoms. The molecule has 3 nitrogen and oxygen atoms in total. The van der Waals surface area contributed by atoms with Crippen LogP contribution in [0.5, 0.6) is 0 Å². The molecule has 4 rings (SSSR count). The van der Waals surface area contributed by atoms with Crippen molar-refractivity contribution in [3.05, 3.63) is 83.0 Å². The summed E-state index contributed by atoms with van der Waals surface area (Å²) in [6.45, 7) is 0.479. The second kappa shape index (κ2) is 5.69. The van der Waals surface area contributed by atoms with E-state index in [1.165, 1.54) is 0 Å². The van der Waals surface area contributed by atoms with Crippen molar-refractivity contribution in [3.8, 4) is 0 Å². The van der Waals surface area contributed by atoms with Gasteiger partial charge in [-0.05, 0) is 40.6 Å². The second-order valence-electron chi connectivity index (χ2n) is 5.76. The fourth-order valence-corrected chi connectivity index (χ4v) is 3.35. The van der Waals surface area contributed by atoms with Gasteiger partial charge in [0.25, 0.3) is 0 Å². The molecule has 0 saturated heterocycles. The van der Waals surface area contributed by atoms with Crippen LogP contribution in [0.15, 0.2) is 66.7 Å². The van der Waals surface area contributed by atoms with Crippen LogP contribution in [-0.4, -0.2) is 15.6 Å². The first-order valence-corrected chi connectivity index (χ1v) is 8.00. The summed E-state index contributed by atoms with van der Waals surface area (Å²) in [5.41, 5.74) is 2.24. The molecule has 0 unspecified atom stereocenters. The third kappa shape index (κ3) is 2.43. The Morgan fingerprint density at radius 1 is 0.958 bits per heavy atom. The van der Waals surface area contributed by atoms with Crippen molar-refractivity contribution in [1.82, 2.24) is 4.57 Å². The minimum Gasteiger partial charge on any atom is -0.477 e. The lowest BCUT2D eigenvalue weighted by molar-refractivity contribution is 0.0686. The lowest BCUT2D eigenvalue weighted by atomic mass is 10.0. The van der Waals surface area contributed by atoms with Crippen LogP contribution in [0.4, 0.5) is 0 Å². The van der Waals surface area contributed by atoms with Gasteiger partial charge in [-0.1, -0.05) is 54.1 Å². The maximum Gasteiger partial charge on any atom is 0.352 e. The molecule has 3 aromatic carbocycles. The van der Waals surface area contributed by atoms with E-state index in [9.17, 15) is 9.90 Å². The monoisotopic (exact) mass is 335 g/mol. The van der Waals surface area contributed by atoms with Gasteiger partial charge < -0.3 is 9.67 Å². The van der Waals surface area contributed by atoms with Gasteiger partial charge in [0, 0.05) is 22.5 Å². The van der Waals surface area contributed by atoms with Crippen LogP contribution in [0.3, 0.4) is 0 Å². The molecule has 1 aromatic heterocycles. The number of nitrogens with zero attached hydrogens (tertiary/aromatic N) is 1. The lowest BCUT2D eigenvalue weighted by Gasteiger charge is -2.11. The van der Waals surface area contributed by atoms with Crippen molar-refractivity contribution < 1.29 is 9.90 Å². The number of carboxylic acids is 1. The van der Waals surface area contributed by atoms with E-state index in [0.717, 1.165) is 27.2 Å². The summed E-state index contributed by atoms with van der Waals surface area (Å²) < 4.78 is 1.84. The van der Waals surface area contributed by atoms with Crippen LogP contribution in [0, 0.1) is 0 Å². The van der Waals surface area contributed by atoms with Crippen molar-refractivity contribution in [2.45, 2.75) is 6.54 Å². The molecule has 0 atom stereocenters. The first kappa shape index (κ1) is 14.8. The van der Waals surface area contributed by atoms with Gasteiger partial charge in [0.1, 0.15) is 5.69 Å². The molecule has 4 aromatic rings. The van der Waals surface area contributed by atoms with Gasteiger partial charge in [-0.2, -0.15) is 0 Å². The van der Waals surface area contributed by atoms with Gasteiger partial charge in [-0.3, -0.25) is 0 Å². The predicted molar refractivity (Wildman–Crippen MR) is 97.0 cm³/mol. The molecule has 0 saturated carbocycles. The highest BCUT2D eigenvalue weighted by Gasteiger charge is 2.15. The average molecular weight is 336 g/mol. The standard InChI is InChI=1S/C20H14ClNO2/c21-16-9-8-13-5-3-6-15(17(13)11-16)12-22-18-7-2-1-4-14(18)10-19(22)20(23)24/h1-11H,12H2,(H,23,24). The number of fused-ring (bicyclic) bond motifs is 2. The fourth-order valence-electron chi connectivity index (χ4n) is 3.18. The van der Waals surface area contributed by atoms with E-state index in [0.29, 0.717) is 11.6 Å². The van der Waals surface area contributed by atoms with E-state index < -0.39 is 5.97 Å². The molecule has 1 heterocycles. The van der Waals surface area contributed by atoms with Gasteiger partial charge in [-0.15, -0.1) is 0 Å². The van der Waals surface area contributed by atoms with Crippen LogP contribution >= 0.6 is 11.6 Å². The number of benzene rings is 3. The maximum atomic E-state index is 11.7. The minimum atomic E-state index is -0.926. The smallest absolute Gasteiger partial charge is 0.352 e. The Morgan fingerprint density at radius 3 is 2.58 bits per heavy atom. The molecule has 4 heteroatoms. The molecule has 0 aliphatic heterocycles. The minimum absolute atomic E-state index is 0.287.